The first-order valence-corrected chi connectivity index (χ1v) is 7.92. The Morgan fingerprint density at radius 2 is 1.88 bits per heavy atom. The molecule has 1 aromatic carbocycles. The summed E-state index contributed by atoms with van der Waals surface area (Å²) in [6, 6.07) is 6.19. The van der Waals surface area contributed by atoms with Crippen molar-refractivity contribution in [1.29, 1.82) is 0 Å². The van der Waals surface area contributed by atoms with Crippen molar-refractivity contribution in [3.8, 4) is 0 Å². The number of halogens is 1. The molecule has 0 bridgehead atoms. The molecule has 0 saturated carbocycles. The Labute approximate surface area is 150 Å². The molecule has 1 heterocycles. The Hall–Kier alpha value is -1.85. The summed E-state index contributed by atoms with van der Waals surface area (Å²) in [5.74, 6) is -0.0302. The maximum atomic E-state index is 12.5. The number of nitrogens with zero attached hydrogens (tertiary/aromatic N) is 2. The number of hydrogen-bond donors (Lipinski definition) is 2. The van der Waals surface area contributed by atoms with Crippen molar-refractivity contribution in [1.82, 2.24) is 20.4 Å². The molecule has 2 aromatic rings. The normalized spacial score (nSPS) is 13.0. The predicted octanol–water partition coefficient (Wildman–Crippen LogP) is 2.47. The molecule has 0 aliphatic heterocycles. The van der Waals surface area contributed by atoms with E-state index >= 15 is 0 Å². The maximum absolute atomic E-state index is 12.5. The highest BCUT2D eigenvalue weighted by molar-refractivity contribution is 5.85. The molecular formula is C18H27ClN4O. The van der Waals surface area contributed by atoms with E-state index in [0.717, 1.165) is 12.0 Å². The molecule has 2 atom stereocenters. The summed E-state index contributed by atoms with van der Waals surface area (Å²) < 4.78 is 1.70. The zero-order chi connectivity index (χ0) is 17.0. The summed E-state index contributed by atoms with van der Waals surface area (Å²) in [5, 5.41) is 10.3. The molecule has 0 saturated heterocycles. The van der Waals surface area contributed by atoms with Crippen LogP contribution in [0.4, 0.5) is 0 Å². The number of carbonyl (C=O) groups is 1. The van der Waals surface area contributed by atoms with Gasteiger partial charge >= 0.3 is 0 Å². The number of rotatable bonds is 6. The summed E-state index contributed by atoms with van der Waals surface area (Å²) >= 11 is 0. The number of benzene rings is 1. The van der Waals surface area contributed by atoms with Gasteiger partial charge in [0.05, 0.1) is 6.20 Å². The zero-order valence-electron chi connectivity index (χ0n) is 15.0. The molecular weight excluding hydrogens is 324 g/mol. The standard InChI is InChI=1S/C18H26N4O.ClH/c1-12-6-13(2)8-15(7-12)9-14(3)21-18(23)17(19-4)16-10-20-22(5)11-16;/h6-8,10-11,14,17,19H,9H2,1-5H3,(H,21,23);1H. The molecule has 5 nitrogen and oxygen atoms in total. The van der Waals surface area contributed by atoms with Crippen LogP contribution in [0.2, 0.25) is 0 Å². The topological polar surface area (TPSA) is 59.0 Å². The van der Waals surface area contributed by atoms with Crippen LogP contribution in [-0.2, 0) is 18.3 Å². The van der Waals surface area contributed by atoms with E-state index in [2.05, 4.69) is 47.8 Å². The molecule has 24 heavy (non-hydrogen) atoms. The van der Waals surface area contributed by atoms with Crippen molar-refractivity contribution < 1.29 is 4.79 Å². The number of nitrogens with one attached hydrogen (secondary N) is 2. The van der Waals surface area contributed by atoms with E-state index in [-0.39, 0.29) is 30.4 Å². The lowest BCUT2D eigenvalue weighted by Crippen LogP contribution is -2.41. The second kappa shape index (κ2) is 8.85. The van der Waals surface area contributed by atoms with Gasteiger partial charge in [0.15, 0.2) is 0 Å². The quantitative estimate of drug-likeness (QED) is 0.841. The Morgan fingerprint density at radius 3 is 2.38 bits per heavy atom. The lowest BCUT2D eigenvalue weighted by molar-refractivity contribution is -0.123. The minimum Gasteiger partial charge on any atom is -0.352 e. The summed E-state index contributed by atoms with van der Waals surface area (Å²) in [6.07, 6.45) is 4.39. The van der Waals surface area contributed by atoms with Gasteiger partial charge in [0.2, 0.25) is 5.91 Å². The molecule has 0 aliphatic carbocycles. The van der Waals surface area contributed by atoms with Gasteiger partial charge in [-0.2, -0.15) is 5.10 Å². The highest BCUT2D eigenvalue weighted by Crippen LogP contribution is 2.14. The van der Waals surface area contributed by atoms with Crippen LogP contribution in [0, 0.1) is 13.8 Å². The van der Waals surface area contributed by atoms with E-state index in [0.29, 0.717) is 0 Å². The summed E-state index contributed by atoms with van der Waals surface area (Å²) in [7, 11) is 3.63. The summed E-state index contributed by atoms with van der Waals surface area (Å²) in [6.45, 7) is 6.23. The highest BCUT2D eigenvalue weighted by atomic mass is 35.5. The lowest BCUT2D eigenvalue weighted by Gasteiger charge is -2.19. The van der Waals surface area contributed by atoms with Crippen LogP contribution in [0.25, 0.3) is 0 Å². The lowest BCUT2D eigenvalue weighted by atomic mass is 10.0. The third-order valence-corrected chi connectivity index (χ3v) is 3.82. The Morgan fingerprint density at radius 1 is 1.25 bits per heavy atom. The fourth-order valence-electron chi connectivity index (χ4n) is 2.96. The van der Waals surface area contributed by atoms with Crippen LogP contribution < -0.4 is 10.6 Å². The molecule has 1 aromatic heterocycles. The van der Waals surface area contributed by atoms with E-state index in [1.165, 1.54) is 16.7 Å². The van der Waals surface area contributed by atoms with Gasteiger partial charge in [0.1, 0.15) is 6.04 Å². The van der Waals surface area contributed by atoms with E-state index in [9.17, 15) is 4.79 Å². The Bertz CT molecular complexity index is 663. The SMILES string of the molecule is CNC(C(=O)NC(C)Cc1cc(C)cc(C)c1)c1cnn(C)c1.Cl. The second-order valence-electron chi connectivity index (χ2n) is 6.28. The number of likely N-dealkylation sites (N-methyl/N-ethyl adjacent to an activating group) is 1. The van der Waals surface area contributed by atoms with E-state index in [1.807, 2.05) is 20.2 Å². The minimum absolute atomic E-state index is 0. The molecule has 2 N–H and O–H groups in total. The van der Waals surface area contributed by atoms with Crippen molar-refractivity contribution in [2.24, 2.45) is 7.05 Å². The largest absolute Gasteiger partial charge is 0.352 e. The van der Waals surface area contributed by atoms with Crippen LogP contribution in [0.3, 0.4) is 0 Å². The minimum atomic E-state index is -0.384. The van der Waals surface area contributed by atoms with Gasteiger partial charge < -0.3 is 10.6 Å². The van der Waals surface area contributed by atoms with Crippen molar-refractivity contribution in [3.05, 3.63) is 52.8 Å². The molecule has 0 radical (unpaired) electrons. The fourth-order valence-corrected chi connectivity index (χ4v) is 2.96. The number of carbonyl (C=O) groups excluding carboxylic acids is 1. The zero-order valence-corrected chi connectivity index (χ0v) is 15.8. The third-order valence-electron chi connectivity index (χ3n) is 3.82. The molecule has 0 aliphatic rings. The van der Waals surface area contributed by atoms with Crippen molar-refractivity contribution in [3.63, 3.8) is 0 Å². The Balaban J connectivity index is 0.00000288. The van der Waals surface area contributed by atoms with Gasteiger partial charge in [-0.15, -0.1) is 12.4 Å². The Kier molecular flexibility index (Phi) is 7.45. The molecule has 6 heteroatoms. The molecule has 0 spiro atoms. The first-order valence-electron chi connectivity index (χ1n) is 7.92. The first kappa shape index (κ1) is 20.2. The highest BCUT2D eigenvalue weighted by Gasteiger charge is 2.21. The fraction of sp³-hybridized carbons (Fsp3) is 0.444. The van der Waals surface area contributed by atoms with Crippen LogP contribution in [0.15, 0.2) is 30.6 Å². The first-order chi connectivity index (χ1) is 10.9. The monoisotopic (exact) mass is 350 g/mol. The summed E-state index contributed by atoms with van der Waals surface area (Å²) in [5.41, 5.74) is 4.62. The molecule has 0 fully saturated rings. The van der Waals surface area contributed by atoms with Crippen LogP contribution in [0.5, 0.6) is 0 Å². The predicted molar refractivity (Wildman–Crippen MR) is 99.5 cm³/mol. The van der Waals surface area contributed by atoms with Gasteiger partial charge in [0.25, 0.3) is 0 Å². The number of aryl methyl sites for hydroxylation is 3. The molecule has 2 rings (SSSR count). The second-order valence-corrected chi connectivity index (χ2v) is 6.28. The van der Waals surface area contributed by atoms with Crippen LogP contribution in [0.1, 0.15) is 35.2 Å². The molecule has 2 unspecified atom stereocenters. The van der Waals surface area contributed by atoms with Crippen molar-refractivity contribution in [2.45, 2.75) is 39.3 Å². The number of aromatic nitrogens is 2. The van der Waals surface area contributed by atoms with Crippen molar-refractivity contribution >= 4 is 18.3 Å². The van der Waals surface area contributed by atoms with Gasteiger partial charge in [-0.3, -0.25) is 9.48 Å². The van der Waals surface area contributed by atoms with Gasteiger partial charge in [0, 0.05) is 24.8 Å². The van der Waals surface area contributed by atoms with E-state index in [1.54, 1.807) is 17.9 Å². The molecule has 132 valence electrons. The average molecular weight is 351 g/mol. The number of hydrogen-bond acceptors (Lipinski definition) is 3. The van der Waals surface area contributed by atoms with E-state index < -0.39 is 0 Å². The maximum Gasteiger partial charge on any atom is 0.242 e. The van der Waals surface area contributed by atoms with Crippen LogP contribution >= 0.6 is 12.4 Å². The average Bonchev–Trinajstić information content (AvgIpc) is 2.84. The van der Waals surface area contributed by atoms with Crippen LogP contribution in [-0.4, -0.2) is 28.8 Å². The van der Waals surface area contributed by atoms with Gasteiger partial charge in [-0.1, -0.05) is 29.3 Å². The third kappa shape index (κ3) is 5.35. The summed E-state index contributed by atoms with van der Waals surface area (Å²) in [4.78, 5) is 12.5. The van der Waals surface area contributed by atoms with Crippen molar-refractivity contribution in [2.75, 3.05) is 7.05 Å². The smallest absolute Gasteiger partial charge is 0.242 e. The van der Waals surface area contributed by atoms with Gasteiger partial charge in [-0.25, -0.2) is 0 Å². The van der Waals surface area contributed by atoms with Gasteiger partial charge in [-0.05, 0) is 39.8 Å². The van der Waals surface area contributed by atoms with E-state index in [4.69, 9.17) is 0 Å². The molecule has 1 amide bonds. The number of amides is 1.